The van der Waals surface area contributed by atoms with E-state index in [2.05, 4.69) is 5.32 Å². The predicted octanol–water partition coefficient (Wildman–Crippen LogP) is 4.70. The summed E-state index contributed by atoms with van der Waals surface area (Å²) in [6.45, 7) is 0.470. The Bertz CT molecular complexity index is 1280. The minimum atomic E-state index is -0.769. The molecule has 1 N–H and O–H groups in total. The van der Waals surface area contributed by atoms with Crippen LogP contribution in [0.4, 0.5) is 11.4 Å². The molecule has 1 heterocycles. The molecule has 1 fully saturated rings. The van der Waals surface area contributed by atoms with Crippen molar-refractivity contribution in [1.29, 1.82) is 0 Å². The van der Waals surface area contributed by atoms with Crippen LogP contribution in [0.3, 0.4) is 0 Å². The van der Waals surface area contributed by atoms with Gasteiger partial charge < -0.3 is 15.0 Å². The highest BCUT2D eigenvalue weighted by Gasteiger charge is 2.44. The number of amides is 2. The zero-order valence-corrected chi connectivity index (χ0v) is 21.1. The zero-order chi connectivity index (χ0) is 25.7. The van der Waals surface area contributed by atoms with E-state index < -0.39 is 12.0 Å². The van der Waals surface area contributed by atoms with Crippen LogP contribution in [0.25, 0.3) is 0 Å². The molecule has 1 unspecified atom stereocenters. The number of benzene rings is 3. The number of rotatable bonds is 8. The molecule has 1 atom stereocenters. The molecule has 4 rings (SSSR count). The third kappa shape index (κ3) is 5.72. The van der Waals surface area contributed by atoms with E-state index in [0.29, 0.717) is 40.0 Å². The number of methoxy groups -OCH3 is 1. The number of esters is 1. The number of carbonyl (C=O) groups is 3. The number of nitrogens with one attached hydrogen (secondary N) is 1. The maximum absolute atomic E-state index is 13.5. The van der Waals surface area contributed by atoms with Crippen molar-refractivity contribution in [1.82, 2.24) is 4.90 Å². The molecule has 1 saturated heterocycles. The molecule has 0 aromatic heterocycles. The number of halogens is 1. The third-order valence-corrected chi connectivity index (χ3v) is 6.49. The molecule has 184 valence electrons. The van der Waals surface area contributed by atoms with Crippen LogP contribution in [0, 0.1) is 0 Å². The maximum atomic E-state index is 13.5. The fourth-order valence-corrected chi connectivity index (χ4v) is 4.63. The molecular formula is C27H24ClN3O4S. The zero-order valence-electron chi connectivity index (χ0n) is 19.5. The van der Waals surface area contributed by atoms with Crippen molar-refractivity contribution in [3.8, 4) is 0 Å². The Balaban J connectivity index is 1.53. The quantitative estimate of drug-likeness (QED) is 0.342. The van der Waals surface area contributed by atoms with E-state index in [0.717, 1.165) is 5.56 Å². The lowest BCUT2D eigenvalue weighted by atomic mass is 10.1. The molecule has 0 aliphatic carbocycles. The van der Waals surface area contributed by atoms with Crippen molar-refractivity contribution in [2.24, 2.45) is 0 Å². The predicted molar refractivity (Wildman–Crippen MR) is 143 cm³/mol. The Morgan fingerprint density at radius 2 is 1.75 bits per heavy atom. The van der Waals surface area contributed by atoms with E-state index in [1.54, 1.807) is 53.4 Å². The number of hydrogen-bond acceptors (Lipinski definition) is 5. The summed E-state index contributed by atoms with van der Waals surface area (Å²) in [4.78, 5) is 41.3. The molecule has 9 heteroatoms. The van der Waals surface area contributed by atoms with Crippen molar-refractivity contribution in [3.05, 3.63) is 95.0 Å². The molecule has 0 bridgehead atoms. The molecule has 0 saturated carbocycles. The molecule has 36 heavy (non-hydrogen) atoms. The van der Waals surface area contributed by atoms with E-state index in [-0.39, 0.29) is 18.2 Å². The normalized spacial score (nSPS) is 15.2. The van der Waals surface area contributed by atoms with Crippen LogP contribution in [-0.2, 0) is 20.7 Å². The number of carbonyl (C=O) groups excluding carboxylic acids is 3. The molecule has 1 aliphatic heterocycles. The highest BCUT2D eigenvalue weighted by molar-refractivity contribution is 7.80. The Morgan fingerprint density at radius 1 is 1.03 bits per heavy atom. The van der Waals surface area contributed by atoms with Crippen molar-refractivity contribution in [2.75, 3.05) is 23.9 Å². The van der Waals surface area contributed by atoms with Crippen molar-refractivity contribution >= 4 is 58.1 Å². The monoisotopic (exact) mass is 521 g/mol. The van der Waals surface area contributed by atoms with Crippen molar-refractivity contribution < 1.29 is 19.1 Å². The fraction of sp³-hybridized carbons (Fsp3) is 0.185. The standard InChI is InChI=1S/C27H24ClN3O4S/c1-35-26(34)19-10-12-21(13-11-19)29-24(32)17-23-25(33)31(22-9-5-8-20(28)16-22)27(36)30(23)15-14-18-6-3-2-4-7-18/h2-13,16,23H,14-15,17H2,1H3,(H,29,32). The summed E-state index contributed by atoms with van der Waals surface area (Å²) in [6, 6.07) is 22.3. The Hall–Kier alpha value is -3.75. The average molecular weight is 522 g/mol. The lowest BCUT2D eigenvalue weighted by Gasteiger charge is -2.24. The SMILES string of the molecule is COC(=O)c1ccc(NC(=O)CC2C(=O)N(c3cccc(Cl)c3)C(=S)N2CCc2ccccc2)cc1. The van der Waals surface area contributed by atoms with Gasteiger partial charge in [-0.25, -0.2) is 4.79 Å². The van der Waals surface area contributed by atoms with Gasteiger partial charge in [0, 0.05) is 17.3 Å². The molecular weight excluding hydrogens is 498 g/mol. The van der Waals surface area contributed by atoms with Gasteiger partial charge in [0.05, 0.1) is 24.8 Å². The molecule has 3 aromatic carbocycles. The highest BCUT2D eigenvalue weighted by atomic mass is 35.5. The van der Waals surface area contributed by atoms with Crippen molar-refractivity contribution in [3.63, 3.8) is 0 Å². The van der Waals surface area contributed by atoms with Gasteiger partial charge >= 0.3 is 5.97 Å². The van der Waals surface area contributed by atoms with Gasteiger partial charge in [0.15, 0.2) is 5.11 Å². The van der Waals surface area contributed by atoms with Crippen LogP contribution in [0.15, 0.2) is 78.9 Å². The topological polar surface area (TPSA) is 78.9 Å². The first-order chi connectivity index (χ1) is 17.4. The van der Waals surface area contributed by atoms with Gasteiger partial charge in [-0.1, -0.05) is 48.0 Å². The first-order valence-corrected chi connectivity index (χ1v) is 12.1. The first-order valence-electron chi connectivity index (χ1n) is 11.3. The molecule has 2 amide bonds. The van der Waals surface area contributed by atoms with Crippen LogP contribution in [0.1, 0.15) is 22.3 Å². The summed E-state index contributed by atoms with van der Waals surface area (Å²) >= 11 is 11.9. The van der Waals surface area contributed by atoms with E-state index in [9.17, 15) is 14.4 Å². The van der Waals surface area contributed by atoms with E-state index >= 15 is 0 Å². The van der Waals surface area contributed by atoms with E-state index in [4.69, 9.17) is 28.6 Å². The summed E-state index contributed by atoms with van der Waals surface area (Å²) in [7, 11) is 1.30. The highest BCUT2D eigenvalue weighted by Crippen LogP contribution is 2.29. The fourth-order valence-electron chi connectivity index (χ4n) is 4.03. The van der Waals surface area contributed by atoms with Gasteiger partial charge in [-0.2, -0.15) is 0 Å². The molecule has 7 nitrogen and oxygen atoms in total. The minimum absolute atomic E-state index is 0.0937. The number of nitrogens with zero attached hydrogens (tertiary/aromatic N) is 2. The van der Waals surface area contributed by atoms with Gasteiger partial charge in [0.2, 0.25) is 5.91 Å². The van der Waals surface area contributed by atoms with Crippen LogP contribution in [0.5, 0.6) is 0 Å². The Labute approximate surface area is 219 Å². The second-order valence-electron chi connectivity index (χ2n) is 8.20. The number of anilines is 2. The average Bonchev–Trinajstić information content (AvgIpc) is 3.11. The third-order valence-electron chi connectivity index (χ3n) is 5.84. The van der Waals surface area contributed by atoms with Gasteiger partial charge in [-0.3, -0.25) is 14.5 Å². The molecule has 0 radical (unpaired) electrons. The van der Waals surface area contributed by atoms with Gasteiger partial charge in [0.25, 0.3) is 5.91 Å². The summed E-state index contributed by atoms with van der Waals surface area (Å²) in [5.74, 6) is -1.10. The van der Waals surface area contributed by atoms with Gasteiger partial charge in [0.1, 0.15) is 6.04 Å². The lowest BCUT2D eigenvalue weighted by Crippen LogP contribution is -2.39. The second kappa shape index (κ2) is 11.3. The molecule has 1 aliphatic rings. The molecule has 3 aromatic rings. The summed E-state index contributed by atoms with van der Waals surface area (Å²) in [6.07, 6.45) is 0.564. The number of ether oxygens (including phenoxy) is 1. The van der Waals surface area contributed by atoms with Crippen molar-refractivity contribution in [2.45, 2.75) is 18.9 Å². The Morgan fingerprint density at radius 3 is 2.42 bits per heavy atom. The Kier molecular flexibility index (Phi) is 7.97. The number of hydrogen-bond donors (Lipinski definition) is 1. The van der Waals surface area contributed by atoms with E-state index in [1.165, 1.54) is 12.0 Å². The van der Waals surface area contributed by atoms with Crippen LogP contribution in [-0.4, -0.2) is 47.5 Å². The summed E-state index contributed by atoms with van der Waals surface area (Å²) in [5.41, 5.74) is 2.53. The second-order valence-corrected chi connectivity index (χ2v) is 9.00. The number of thiocarbonyl (C=S) groups is 1. The van der Waals surface area contributed by atoms with Crippen LogP contribution in [0.2, 0.25) is 5.02 Å². The van der Waals surface area contributed by atoms with Crippen LogP contribution >= 0.6 is 23.8 Å². The minimum Gasteiger partial charge on any atom is -0.465 e. The van der Waals surface area contributed by atoms with Gasteiger partial charge in [-0.05, 0) is 66.7 Å². The van der Waals surface area contributed by atoms with Crippen LogP contribution < -0.4 is 10.2 Å². The van der Waals surface area contributed by atoms with E-state index in [1.807, 2.05) is 30.3 Å². The maximum Gasteiger partial charge on any atom is 0.337 e. The smallest absolute Gasteiger partial charge is 0.337 e. The molecule has 0 spiro atoms. The first kappa shape index (κ1) is 25.3. The lowest BCUT2D eigenvalue weighted by molar-refractivity contribution is -0.124. The van der Waals surface area contributed by atoms with Gasteiger partial charge in [-0.15, -0.1) is 0 Å². The largest absolute Gasteiger partial charge is 0.465 e. The summed E-state index contributed by atoms with van der Waals surface area (Å²) in [5, 5.41) is 3.61. The summed E-state index contributed by atoms with van der Waals surface area (Å²) < 4.78 is 4.69.